The predicted molar refractivity (Wildman–Crippen MR) is 100 cm³/mol. The molecule has 0 aliphatic carbocycles. The SMILES string of the molecule is COc1ccc(-c2csc(C3=C(O)CN(Cc4ccco4)C3=N)n2)cc1. The Labute approximate surface area is 154 Å². The van der Waals surface area contributed by atoms with Crippen LogP contribution in [-0.2, 0) is 6.54 Å². The van der Waals surface area contributed by atoms with Crippen molar-refractivity contribution in [3.63, 3.8) is 0 Å². The van der Waals surface area contributed by atoms with Crippen molar-refractivity contribution in [2.75, 3.05) is 13.7 Å². The van der Waals surface area contributed by atoms with Crippen LogP contribution in [0.4, 0.5) is 0 Å². The van der Waals surface area contributed by atoms with Gasteiger partial charge in [-0.1, -0.05) is 0 Å². The molecule has 6 nitrogen and oxygen atoms in total. The fourth-order valence-electron chi connectivity index (χ4n) is 2.87. The summed E-state index contributed by atoms with van der Waals surface area (Å²) in [5.74, 6) is 1.96. The van der Waals surface area contributed by atoms with Crippen LogP contribution in [0.1, 0.15) is 10.8 Å². The summed E-state index contributed by atoms with van der Waals surface area (Å²) >= 11 is 1.42. The summed E-state index contributed by atoms with van der Waals surface area (Å²) in [6.45, 7) is 0.725. The maximum Gasteiger partial charge on any atom is 0.135 e. The standard InChI is InChI=1S/C19H17N3O3S/c1-24-13-6-4-12(5-7-13)15-11-26-19(21-15)17-16(23)10-22(18(17)20)9-14-3-2-8-25-14/h2-8,11,20,23H,9-10H2,1H3. The van der Waals surface area contributed by atoms with Crippen molar-refractivity contribution in [1.82, 2.24) is 9.88 Å². The number of aliphatic hydroxyl groups excluding tert-OH is 1. The molecule has 0 bridgehead atoms. The second kappa shape index (κ2) is 6.68. The normalized spacial score (nSPS) is 14.3. The lowest BCUT2D eigenvalue weighted by molar-refractivity contribution is 0.328. The van der Waals surface area contributed by atoms with Crippen molar-refractivity contribution < 1.29 is 14.3 Å². The molecule has 1 aromatic carbocycles. The van der Waals surface area contributed by atoms with Gasteiger partial charge in [0.25, 0.3) is 0 Å². The van der Waals surface area contributed by atoms with Crippen LogP contribution in [0.25, 0.3) is 16.8 Å². The molecule has 0 spiro atoms. The highest BCUT2D eigenvalue weighted by Crippen LogP contribution is 2.33. The number of hydrogen-bond acceptors (Lipinski definition) is 6. The molecule has 1 aliphatic rings. The van der Waals surface area contributed by atoms with Crippen molar-refractivity contribution in [3.8, 4) is 17.0 Å². The number of hydrogen-bond donors (Lipinski definition) is 2. The van der Waals surface area contributed by atoms with E-state index in [-0.39, 0.29) is 18.1 Å². The molecule has 0 unspecified atom stereocenters. The largest absolute Gasteiger partial charge is 0.510 e. The first-order valence-electron chi connectivity index (χ1n) is 8.04. The lowest BCUT2D eigenvalue weighted by atomic mass is 10.1. The number of amidine groups is 1. The third-order valence-corrected chi connectivity index (χ3v) is 5.07. The van der Waals surface area contributed by atoms with E-state index in [1.807, 2.05) is 41.8 Å². The summed E-state index contributed by atoms with van der Waals surface area (Å²) < 4.78 is 10.5. The van der Waals surface area contributed by atoms with Gasteiger partial charge in [0.05, 0.1) is 37.7 Å². The number of rotatable bonds is 5. The number of benzene rings is 1. The van der Waals surface area contributed by atoms with Crippen LogP contribution in [0, 0.1) is 5.41 Å². The van der Waals surface area contributed by atoms with Crippen molar-refractivity contribution in [2.45, 2.75) is 6.54 Å². The summed E-state index contributed by atoms with van der Waals surface area (Å²) in [5.41, 5.74) is 2.26. The van der Waals surface area contributed by atoms with E-state index in [0.29, 0.717) is 17.1 Å². The van der Waals surface area contributed by atoms with Crippen LogP contribution in [0.5, 0.6) is 5.75 Å². The smallest absolute Gasteiger partial charge is 0.135 e. The van der Waals surface area contributed by atoms with Crippen LogP contribution >= 0.6 is 11.3 Å². The number of nitrogens with zero attached hydrogens (tertiary/aromatic N) is 2. The Hall–Kier alpha value is -3.06. The zero-order valence-corrected chi connectivity index (χ0v) is 14.9. The van der Waals surface area contributed by atoms with Gasteiger partial charge in [-0.15, -0.1) is 11.3 Å². The molecule has 0 amide bonds. The van der Waals surface area contributed by atoms with Crippen molar-refractivity contribution in [2.24, 2.45) is 0 Å². The topological polar surface area (TPSA) is 82.6 Å². The van der Waals surface area contributed by atoms with Gasteiger partial charge in [0.2, 0.25) is 0 Å². The Morgan fingerprint density at radius 3 is 2.81 bits per heavy atom. The van der Waals surface area contributed by atoms with Gasteiger partial charge in [0.15, 0.2) is 0 Å². The van der Waals surface area contributed by atoms with E-state index >= 15 is 0 Å². The molecule has 2 N–H and O–H groups in total. The molecule has 0 fully saturated rings. The number of aromatic nitrogens is 1. The van der Waals surface area contributed by atoms with Crippen molar-refractivity contribution in [1.29, 1.82) is 5.41 Å². The number of ether oxygens (including phenoxy) is 1. The highest BCUT2D eigenvalue weighted by Gasteiger charge is 2.30. The predicted octanol–water partition coefficient (Wildman–Crippen LogP) is 4.17. The van der Waals surface area contributed by atoms with Gasteiger partial charge >= 0.3 is 0 Å². The van der Waals surface area contributed by atoms with Gasteiger partial charge in [0.1, 0.15) is 28.1 Å². The molecule has 132 valence electrons. The molecule has 26 heavy (non-hydrogen) atoms. The van der Waals surface area contributed by atoms with E-state index in [2.05, 4.69) is 4.98 Å². The fourth-order valence-corrected chi connectivity index (χ4v) is 3.76. The molecular weight excluding hydrogens is 350 g/mol. The lowest BCUT2D eigenvalue weighted by Gasteiger charge is -2.16. The minimum atomic E-state index is 0.164. The first-order chi connectivity index (χ1) is 12.7. The molecule has 0 saturated carbocycles. The number of nitrogens with one attached hydrogen (secondary N) is 1. The van der Waals surface area contributed by atoms with Gasteiger partial charge in [-0.05, 0) is 36.4 Å². The van der Waals surface area contributed by atoms with E-state index in [4.69, 9.17) is 14.6 Å². The van der Waals surface area contributed by atoms with Crippen LogP contribution in [0.2, 0.25) is 0 Å². The molecule has 7 heteroatoms. The third-order valence-electron chi connectivity index (χ3n) is 4.21. The molecule has 0 atom stereocenters. The summed E-state index contributed by atoms with van der Waals surface area (Å²) in [5, 5.41) is 21.4. The zero-order valence-electron chi connectivity index (χ0n) is 14.1. The van der Waals surface area contributed by atoms with Crippen molar-refractivity contribution >= 4 is 22.7 Å². The average molecular weight is 367 g/mol. The van der Waals surface area contributed by atoms with E-state index in [9.17, 15) is 5.11 Å². The van der Waals surface area contributed by atoms with Gasteiger partial charge in [-0.25, -0.2) is 4.98 Å². The van der Waals surface area contributed by atoms with E-state index in [0.717, 1.165) is 22.8 Å². The Morgan fingerprint density at radius 1 is 1.31 bits per heavy atom. The maximum atomic E-state index is 10.4. The van der Waals surface area contributed by atoms with E-state index in [1.165, 1.54) is 11.3 Å². The second-order valence-electron chi connectivity index (χ2n) is 5.87. The first-order valence-corrected chi connectivity index (χ1v) is 8.92. The molecule has 2 aromatic heterocycles. The second-order valence-corrected chi connectivity index (χ2v) is 6.73. The van der Waals surface area contributed by atoms with Gasteiger partial charge in [-0.2, -0.15) is 0 Å². The number of furan rings is 1. The van der Waals surface area contributed by atoms with E-state index < -0.39 is 0 Å². The molecule has 3 heterocycles. The summed E-state index contributed by atoms with van der Waals surface area (Å²) in [7, 11) is 1.63. The summed E-state index contributed by atoms with van der Waals surface area (Å²) in [6, 6.07) is 11.3. The van der Waals surface area contributed by atoms with Crippen LogP contribution < -0.4 is 4.74 Å². The highest BCUT2D eigenvalue weighted by molar-refractivity contribution is 7.11. The summed E-state index contributed by atoms with van der Waals surface area (Å²) in [6.07, 6.45) is 1.60. The Balaban J connectivity index is 1.56. The van der Waals surface area contributed by atoms with E-state index in [1.54, 1.807) is 18.3 Å². The lowest BCUT2D eigenvalue weighted by Crippen LogP contribution is -2.25. The molecule has 3 aromatic rings. The molecule has 1 aliphatic heterocycles. The minimum absolute atomic E-state index is 0.164. The third kappa shape index (κ3) is 2.97. The number of thiazole rings is 1. The maximum absolute atomic E-state index is 10.4. The average Bonchev–Trinajstić information content (AvgIpc) is 3.38. The van der Waals surface area contributed by atoms with Gasteiger partial charge < -0.3 is 19.2 Å². The Morgan fingerprint density at radius 2 is 2.12 bits per heavy atom. The number of methoxy groups -OCH3 is 1. The van der Waals surface area contributed by atoms with Crippen LogP contribution in [0.15, 0.2) is 58.2 Å². The molecule has 0 saturated heterocycles. The van der Waals surface area contributed by atoms with Gasteiger partial charge in [0, 0.05) is 10.9 Å². The quantitative estimate of drug-likeness (QED) is 0.707. The van der Waals surface area contributed by atoms with Crippen molar-refractivity contribution in [3.05, 3.63) is 64.6 Å². The molecule has 0 radical (unpaired) electrons. The Kier molecular flexibility index (Phi) is 4.22. The zero-order chi connectivity index (χ0) is 18.1. The minimum Gasteiger partial charge on any atom is -0.510 e. The summed E-state index contributed by atoms with van der Waals surface area (Å²) in [4.78, 5) is 6.38. The first kappa shape index (κ1) is 16.4. The monoisotopic (exact) mass is 367 g/mol. The molecular formula is C19H17N3O3S. The number of aliphatic hydroxyl groups is 1. The highest BCUT2D eigenvalue weighted by atomic mass is 32.1. The van der Waals surface area contributed by atoms with Gasteiger partial charge in [-0.3, -0.25) is 5.41 Å². The van der Waals surface area contributed by atoms with Crippen LogP contribution in [-0.4, -0.2) is 34.5 Å². The fraction of sp³-hybridized carbons (Fsp3) is 0.158. The van der Waals surface area contributed by atoms with Crippen LogP contribution in [0.3, 0.4) is 0 Å². The molecule has 4 rings (SSSR count). The Bertz CT molecular complexity index is 958.